The lowest BCUT2D eigenvalue weighted by atomic mass is 10.2. The van der Waals surface area contributed by atoms with Crippen molar-refractivity contribution < 1.29 is 4.79 Å². The Labute approximate surface area is 93.4 Å². The Morgan fingerprint density at radius 2 is 2.23 bits per heavy atom. The molecule has 0 aliphatic heterocycles. The van der Waals surface area contributed by atoms with Crippen molar-refractivity contribution in [3.05, 3.63) is 32.5 Å². The normalized spacial score (nSPS) is 10.6. The quantitative estimate of drug-likeness (QED) is 0.637. The summed E-state index contributed by atoms with van der Waals surface area (Å²) in [6.07, 6.45) is 2.52. The van der Waals surface area contributed by atoms with Crippen LogP contribution in [0.1, 0.15) is 10.4 Å². The molecule has 1 N–H and O–H groups in total. The van der Waals surface area contributed by atoms with Crippen molar-refractivity contribution in [3.63, 3.8) is 0 Å². The maximum absolute atomic E-state index is 10.7. The average Bonchev–Trinajstić information content (AvgIpc) is 2.55. The molecule has 2 aromatic rings. The van der Waals surface area contributed by atoms with Gasteiger partial charge < -0.3 is 4.98 Å². The number of H-pyrrole nitrogens is 1. The summed E-state index contributed by atoms with van der Waals surface area (Å²) in [6.45, 7) is 0. The van der Waals surface area contributed by atoms with Crippen LogP contribution in [-0.4, -0.2) is 11.3 Å². The molecule has 2 nitrogen and oxygen atoms in total. The molecule has 2 rings (SSSR count). The molecule has 0 radical (unpaired) electrons. The summed E-state index contributed by atoms with van der Waals surface area (Å²) in [4.78, 5) is 13.7. The zero-order valence-electron chi connectivity index (χ0n) is 6.47. The molecule has 0 spiro atoms. The number of nitrogens with one attached hydrogen (secondary N) is 1. The highest BCUT2D eigenvalue weighted by atomic mass is 127. The second-order valence-electron chi connectivity index (χ2n) is 2.65. The monoisotopic (exact) mass is 305 g/mol. The number of hydrogen-bond donors (Lipinski definition) is 1. The predicted molar refractivity (Wildman–Crippen MR) is 61.4 cm³/mol. The Morgan fingerprint density at radius 1 is 1.46 bits per heavy atom. The fourth-order valence-electron chi connectivity index (χ4n) is 1.27. The van der Waals surface area contributed by atoms with Crippen molar-refractivity contribution in [2.24, 2.45) is 0 Å². The van der Waals surface area contributed by atoms with Crippen molar-refractivity contribution in [3.8, 4) is 0 Å². The minimum atomic E-state index is 0.655. The number of carbonyl (C=O) groups excluding carboxylic acids is 1. The summed E-state index contributed by atoms with van der Waals surface area (Å²) >= 11 is 8.07. The fraction of sp³-hybridized carbons (Fsp3) is 0. The van der Waals surface area contributed by atoms with Crippen LogP contribution < -0.4 is 0 Å². The van der Waals surface area contributed by atoms with Gasteiger partial charge in [0.1, 0.15) is 0 Å². The Balaban J connectivity index is 2.93. The summed E-state index contributed by atoms with van der Waals surface area (Å²) in [5, 5.41) is 1.58. The number of aldehydes is 1. The molecule has 0 atom stereocenters. The number of halogens is 2. The van der Waals surface area contributed by atoms with Crippen LogP contribution in [0.15, 0.2) is 18.3 Å². The molecule has 0 fully saturated rings. The standard InChI is InChI=1S/C9H5ClINO/c10-6-1-2-7-8(9(6)11)5(4-13)3-12-7/h1-4,12H. The molecule has 1 heterocycles. The van der Waals surface area contributed by atoms with Gasteiger partial charge in [-0.25, -0.2) is 0 Å². The second-order valence-corrected chi connectivity index (χ2v) is 4.13. The first kappa shape index (κ1) is 9.02. The number of rotatable bonds is 1. The van der Waals surface area contributed by atoms with E-state index in [1.807, 2.05) is 12.1 Å². The van der Waals surface area contributed by atoms with Crippen molar-refractivity contribution in [2.75, 3.05) is 0 Å². The van der Waals surface area contributed by atoms with Crippen molar-refractivity contribution in [1.29, 1.82) is 0 Å². The minimum Gasteiger partial charge on any atom is -0.360 e. The maximum atomic E-state index is 10.7. The fourth-order valence-corrected chi connectivity index (χ4v) is 2.21. The van der Waals surface area contributed by atoms with Gasteiger partial charge >= 0.3 is 0 Å². The van der Waals surface area contributed by atoms with Crippen molar-refractivity contribution >= 4 is 51.4 Å². The van der Waals surface area contributed by atoms with Crippen LogP contribution in [0.3, 0.4) is 0 Å². The van der Waals surface area contributed by atoms with E-state index in [0.29, 0.717) is 10.6 Å². The average molecular weight is 306 g/mol. The number of hydrogen-bond acceptors (Lipinski definition) is 1. The van der Waals surface area contributed by atoms with Crippen LogP contribution in [0, 0.1) is 3.57 Å². The summed E-state index contributed by atoms with van der Waals surface area (Å²) in [5.74, 6) is 0. The Kier molecular flexibility index (Phi) is 2.29. The summed E-state index contributed by atoms with van der Waals surface area (Å²) in [5.41, 5.74) is 1.60. The van der Waals surface area contributed by atoms with E-state index in [0.717, 1.165) is 20.8 Å². The molecule has 0 unspecified atom stereocenters. The summed E-state index contributed by atoms with van der Waals surface area (Å²) in [7, 11) is 0. The molecule has 66 valence electrons. The van der Waals surface area contributed by atoms with Gasteiger partial charge in [0.2, 0.25) is 0 Å². The highest BCUT2D eigenvalue weighted by molar-refractivity contribution is 14.1. The third-order valence-electron chi connectivity index (χ3n) is 1.89. The minimum absolute atomic E-state index is 0.655. The molecule has 1 aromatic heterocycles. The summed E-state index contributed by atoms with van der Waals surface area (Å²) < 4.78 is 0.917. The Bertz CT molecular complexity index is 478. The zero-order valence-corrected chi connectivity index (χ0v) is 9.39. The SMILES string of the molecule is O=Cc1c[nH]c2ccc(Cl)c(I)c12. The van der Waals surface area contributed by atoms with Crippen LogP contribution in [-0.2, 0) is 0 Å². The number of fused-ring (bicyclic) bond motifs is 1. The topological polar surface area (TPSA) is 32.9 Å². The van der Waals surface area contributed by atoms with E-state index in [1.165, 1.54) is 0 Å². The summed E-state index contributed by atoms with van der Waals surface area (Å²) in [6, 6.07) is 3.68. The molecule has 4 heteroatoms. The first-order valence-electron chi connectivity index (χ1n) is 3.64. The van der Waals surface area contributed by atoms with Gasteiger partial charge in [-0.2, -0.15) is 0 Å². The van der Waals surface area contributed by atoms with Crippen LogP contribution >= 0.6 is 34.2 Å². The Morgan fingerprint density at radius 3 is 2.92 bits per heavy atom. The Hall–Kier alpha value is -0.550. The molecule has 0 aliphatic rings. The maximum Gasteiger partial charge on any atom is 0.152 e. The van der Waals surface area contributed by atoms with Crippen LogP contribution in [0.5, 0.6) is 0 Å². The highest BCUT2D eigenvalue weighted by Gasteiger charge is 2.08. The van der Waals surface area contributed by atoms with E-state index < -0.39 is 0 Å². The number of carbonyl (C=O) groups is 1. The lowest BCUT2D eigenvalue weighted by Gasteiger charge is -1.97. The van der Waals surface area contributed by atoms with Gasteiger partial charge in [-0.3, -0.25) is 4.79 Å². The van der Waals surface area contributed by atoms with E-state index >= 15 is 0 Å². The number of aromatic amines is 1. The van der Waals surface area contributed by atoms with Crippen molar-refractivity contribution in [1.82, 2.24) is 4.98 Å². The molecule has 0 amide bonds. The van der Waals surface area contributed by atoms with Gasteiger partial charge in [0, 0.05) is 26.2 Å². The van der Waals surface area contributed by atoms with Gasteiger partial charge in [-0.1, -0.05) is 11.6 Å². The number of aromatic nitrogens is 1. The third kappa shape index (κ3) is 1.36. The predicted octanol–water partition coefficient (Wildman–Crippen LogP) is 3.24. The van der Waals surface area contributed by atoms with E-state index in [4.69, 9.17) is 11.6 Å². The molecular weight excluding hydrogens is 300 g/mol. The van der Waals surface area contributed by atoms with Crippen LogP contribution in [0.2, 0.25) is 5.02 Å². The largest absolute Gasteiger partial charge is 0.360 e. The van der Waals surface area contributed by atoms with Gasteiger partial charge in [-0.15, -0.1) is 0 Å². The van der Waals surface area contributed by atoms with E-state index in [1.54, 1.807) is 6.20 Å². The molecule has 0 aliphatic carbocycles. The molecule has 1 aromatic carbocycles. The zero-order chi connectivity index (χ0) is 9.42. The van der Waals surface area contributed by atoms with Crippen LogP contribution in [0.4, 0.5) is 0 Å². The van der Waals surface area contributed by atoms with E-state index in [9.17, 15) is 4.79 Å². The van der Waals surface area contributed by atoms with Gasteiger partial charge in [-0.05, 0) is 34.7 Å². The third-order valence-corrected chi connectivity index (χ3v) is 3.65. The second kappa shape index (κ2) is 3.31. The molecule has 0 saturated carbocycles. The van der Waals surface area contributed by atoms with Gasteiger partial charge in [0.25, 0.3) is 0 Å². The molecule has 0 saturated heterocycles. The van der Waals surface area contributed by atoms with Gasteiger partial charge in [0.15, 0.2) is 6.29 Å². The first-order valence-corrected chi connectivity index (χ1v) is 5.10. The van der Waals surface area contributed by atoms with E-state index in [-0.39, 0.29) is 0 Å². The molecular formula is C9H5ClINO. The molecule has 0 bridgehead atoms. The first-order chi connectivity index (χ1) is 6.24. The lowest BCUT2D eigenvalue weighted by molar-refractivity contribution is 0.112. The highest BCUT2D eigenvalue weighted by Crippen LogP contribution is 2.28. The number of benzene rings is 1. The van der Waals surface area contributed by atoms with E-state index in [2.05, 4.69) is 27.6 Å². The molecule has 13 heavy (non-hydrogen) atoms. The lowest BCUT2D eigenvalue weighted by Crippen LogP contribution is -1.80. The smallest absolute Gasteiger partial charge is 0.152 e. The van der Waals surface area contributed by atoms with Crippen LogP contribution in [0.25, 0.3) is 10.9 Å². The van der Waals surface area contributed by atoms with Gasteiger partial charge in [0.05, 0.1) is 5.02 Å². The van der Waals surface area contributed by atoms with Crippen molar-refractivity contribution in [2.45, 2.75) is 0 Å².